The number of aliphatic hydroxyl groups is 1. The lowest BCUT2D eigenvalue weighted by molar-refractivity contribution is -0.121. The maximum absolute atomic E-state index is 12.2. The molecule has 1 aliphatic carbocycles. The van der Waals surface area contributed by atoms with Gasteiger partial charge in [-0.3, -0.25) is 4.79 Å². The van der Waals surface area contributed by atoms with E-state index in [2.05, 4.69) is 29.6 Å². The standard InChI is InChI=1S/C18H21NO2/c20-12-16-6-3-7-17(16)19-18(21)11-13-8-9-14-4-1-2-5-15(14)10-13/h1-2,4-5,8-10,16-17,20H,3,6-7,11-12H2,(H,19,21). The summed E-state index contributed by atoms with van der Waals surface area (Å²) < 4.78 is 0. The Bertz CT molecular complexity index is 638. The van der Waals surface area contributed by atoms with Gasteiger partial charge in [-0.15, -0.1) is 0 Å². The molecule has 0 spiro atoms. The van der Waals surface area contributed by atoms with Crippen LogP contribution in [-0.4, -0.2) is 23.7 Å². The predicted molar refractivity (Wildman–Crippen MR) is 84.0 cm³/mol. The Balaban J connectivity index is 1.65. The van der Waals surface area contributed by atoms with E-state index >= 15 is 0 Å². The van der Waals surface area contributed by atoms with Crippen molar-refractivity contribution in [1.82, 2.24) is 5.32 Å². The number of fused-ring (bicyclic) bond motifs is 1. The summed E-state index contributed by atoms with van der Waals surface area (Å²) in [6.45, 7) is 0.168. The molecule has 0 aliphatic heterocycles. The van der Waals surface area contributed by atoms with Gasteiger partial charge in [0.15, 0.2) is 0 Å². The minimum absolute atomic E-state index is 0.0515. The van der Waals surface area contributed by atoms with Crippen LogP contribution in [0.25, 0.3) is 10.8 Å². The van der Waals surface area contributed by atoms with Gasteiger partial charge in [0.05, 0.1) is 6.42 Å². The number of rotatable bonds is 4. The number of hydrogen-bond acceptors (Lipinski definition) is 2. The third kappa shape index (κ3) is 3.24. The van der Waals surface area contributed by atoms with Crippen molar-refractivity contribution in [2.45, 2.75) is 31.7 Å². The fourth-order valence-corrected chi connectivity index (χ4v) is 3.24. The maximum atomic E-state index is 12.2. The van der Waals surface area contributed by atoms with Crippen molar-refractivity contribution < 1.29 is 9.90 Å². The largest absolute Gasteiger partial charge is 0.396 e. The van der Waals surface area contributed by atoms with Gasteiger partial charge in [-0.25, -0.2) is 0 Å². The van der Waals surface area contributed by atoms with Gasteiger partial charge in [-0.1, -0.05) is 48.9 Å². The molecule has 1 fully saturated rings. The number of benzene rings is 2. The highest BCUT2D eigenvalue weighted by atomic mass is 16.3. The second-order valence-electron chi connectivity index (χ2n) is 5.91. The zero-order chi connectivity index (χ0) is 14.7. The maximum Gasteiger partial charge on any atom is 0.224 e. The van der Waals surface area contributed by atoms with Gasteiger partial charge >= 0.3 is 0 Å². The van der Waals surface area contributed by atoms with E-state index in [-0.39, 0.29) is 24.5 Å². The molecule has 1 aliphatic rings. The molecule has 2 unspecified atom stereocenters. The Hall–Kier alpha value is -1.87. The third-order valence-corrected chi connectivity index (χ3v) is 4.42. The molecule has 3 rings (SSSR count). The van der Waals surface area contributed by atoms with Gasteiger partial charge in [-0.2, -0.15) is 0 Å². The van der Waals surface area contributed by atoms with Crippen molar-refractivity contribution in [1.29, 1.82) is 0 Å². The molecule has 3 nitrogen and oxygen atoms in total. The van der Waals surface area contributed by atoms with E-state index in [1.165, 1.54) is 5.39 Å². The zero-order valence-electron chi connectivity index (χ0n) is 12.1. The first kappa shape index (κ1) is 14.1. The van der Waals surface area contributed by atoms with Gasteiger partial charge in [0.2, 0.25) is 5.91 Å². The van der Waals surface area contributed by atoms with Crippen LogP contribution in [0.5, 0.6) is 0 Å². The van der Waals surface area contributed by atoms with E-state index in [0.717, 1.165) is 30.2 Å². The summed E-state index contributed by atoms with van der Waals surface area (Å²) in [5.74, 6) is 0.279. The van der Waals surface area contributed by atoms with Crippen LogP contribution in [0.1, 0.15) is 24.8 Å². The van der Waals surface area contributed by atoms with Crippen molar-refractivity contribution >= 4 is 16.7 Å². The van der Waals surface area contributed by atoms with Crippen LogP contribution in [0, 0.1) is 5.92 Å². The van der Waals surface area contributed by atoms with Gasteiger partial charge in [0, 0.05) is 18.6 Å². The molecule has 2 aromatic carbocycles. The molecule has 0 radical (unpaired) electrons. The van der Waals surface area contributed by atoms with Gasteiger partial charge in [-0.05, 0) is 29.2 Å². The summed E-state index contributed by atoms with van der Waals surface area (Å²) >= 11 is 0. The average Bonchev–Trinajstić information content (AvgIpc) is 2.94. The Morgan fingerprint density at radius 1 is 1.14 bits per heavy atom. The van der Waals surface area contributed by atoms with E-state index in [1.54, 1.807) is 0 Å². The molecule has 0 heterocycles. The van der Waals surface area contributed by atoms with Crippen LogP contribution >= 0.6 is 0 Å². The van der Waals surface area contributed by atoms with Crippen molar-refractivity contribution in [3.05, 3.63) is 48.0 Å². The van der Waals surface area contributed by atoms with E-state index in [4.69, 9.17) is 0 Å². The number of hydrogen-bond donors (Lipinski definition) is 2. The number of aliphatic hydroxyl groups excluding tert-OH is 1. The molecule has 1 saturated carbocycles. The molecular weight excluding hydrogens is 262 g/mol. The number of carbonyl (C=O) groups excluding carboxylic acids is 1. The number of amides is 1. The Morgan fingerprint density at radius 3 is 2.76 bits per heavy atom. The molecule has 1 amide bonds. The summed E-state index contributed by atoms with van der Waals surface area (Å²) in [6.07, 6.45) is 3.48. The van der Waals surface area contributed by atoms with Crippen molar-refractivity contribution in [3.63, 3.8) is 0 Å². The average molecular weight is 283 g/mol. The molecule has 2 N–H and O–H groups in total. The summed E-state index contributed by atoms with van der Waals surface area (Å²) in [4.78, 5) is 12.2. The highest BCUT2D eigenvalue weighted by Gasteiger charge is 2.27. The van der Waals surface area contributed by atoms with Crippen LogP contribution in [0.2, 0.25) is 0 Å². The molecule has 0 saturated heterocycles. The van der Waals surface area contributed by atoms with Crippen molar-refractivity contribution in [3.8, 4) is 0 Å². The first-order valence-electron chi connectivity index (χ1n) is 7.64. The highest BCUT2D eigenvalue weighted by Crippen LogP contribution is 2.25. The number of nitrogens with one attached hydrogen (secondary N) is 1. The quantitative estimate of drug-likeness (QED) is 0.906. The van der Waals surface area contributed by atoms with Gasteiger partial charge in [0.25, 0.3) is 0 Å². The summed E-state index contributed by atoms with van der Waals surface area (Å²) in [7, 11) is 0. The van der Waals surface area contributed by atoms with E-state index < -0.39 is 0 Å². The van der Waals surface area contributed by atoms with Crippen LogP contribution in [-0.2, 0) is 11.2 Å². The minimum atomic E-state index is 0.0515. The first-order chi connectivity index (χ1) is 10.3. The smallest absolute Gasteiger partial charge is 0.224 e. The second-order valence-corrected chi connectivity index (χ2v) is 5.91. The van der Waals surface area contributed by atoms with Crippen LogP contribution in [0.4, 0.5) is 0 Å². The van der Waals surface area contributed by atoms with Crippen LogP contribution in [0.15, 0.2) is 42.5 Å². The van der Waals surface area contributed by atoms with Crippen LogP contribution < -0.4 is 5.32 Å². The lowest BCUT2D eigenvalue weighted by Gasteiger charge is -2.19. The highest BCUT2D eigenvalue weighted by molar-refractivity contribution is 5.85. The lowest BCUT2D eigenvalue weighted by atomic mass is 10.0. The van der Waals surface area contributed by atoms with Crippen molar-refractivity contribution in [2.75, 3.05) is 6.61 Å². The van der Waals surface area contributed by atoms with Gasteiger partial charge < -0.3 is 10.4 Å². The second kappa shape index (κ2) is 6.27. The molecule has 0 bridgehead atoms. The van der Waals surface area contributed by atoms with E-state index in [0.29, 0.717) is 6.42 Å². The topological polar surface area (TPSA) is 49.3 Å². The minimum Gasteiger partial charge on any atom is -0.396 e. The lowest BCUT2D eigenvalue weighted by Crippen LogP contribution is -2.39. The van der Waals surface area contributed by atoms with Crippen molar-refractivity contribution in [2.24, 2.45) is 5.92 Å². The molecular formula is C18H21NO2. The van der Waals surface area contributed by atoms with Gasteiger partial charge in [0.1, 0.15) is 0 Å². The molecule has 2 atom stereocenters. The Labute approximate surface area is 125 Å². The monoisotopic (exact) mass is 283 g/mol. The number of carbonyl (C=O) groups is 1. The Kier molecular flexibility index (Phi) is 4.20. The fraction of sp³-hybridized carbons (Fsp3) is 0.389. The molecule has 21 heavy (non-hydrogen) atoms. The molecule has 3 heteroatoms. The normalized spacial score (nSPS) is 21.6. The summed E-state index contributed by atoms with van der Waals surface area (Å²) in [6, 6.07) is 14.5. The fourth-order valence-electron chi connectivity index (χ4n) is 3.24. The SMILES string of the molecule is O=C(Cc1ccc2ccccc2c1)NC1CCCC1CO. The zero-order valence-corrected chi connectivity index (χ0v) is 12.1. The summed E-state index contributed by atoms with van der Waals surface area (Å²) in [5.41, 5.74) is 1.03. The predicted octanol–water partition coefficient (Wildman–Crippen LogP) is 2.66. The first-order valence-corrected chi connectivity index (χ1v) is 7.64. The molecule has 2 aromatic rings. The summed E-state index contributed by atoms with van der Waals surface area (Å²) in [5, 5.41) is 14.7. The van der Waals surface area contributed by atoms with Crippen LogP contribution in [0.3, 0.4) is 0 Å². The molecule has 0 aromatic heterocycles. The van der Waals surface area contributed by atoms with E-state index in [1.807, 2.05) is 18.2 Å². The molecule has 110 valence electrons. The third-order valence-electron chi connectivity index (χ3n) is 4.42. The van der Waals surface area contributed by atoms with E-state index in [9.17, 15) is 9.90 Å². The Morgan fingerprint density at radius 2 is 1.95 bits per heavy atom.